The van der Waals surface area contributed by atoms with Gasteiger partial charge in [0, 0.05) is 12.6 Å². The van der Waals surface area contributed by atoms with E-state index in [1.807, 2.05) is 0 Å². The highest BCUT2D eigenvalue weighted by atomic mass is 19.1. The van der Waals surface area contributed by atoms with Gasteiger partial charge in [-0.1, -0.05) is 18.2 Å². The number of rotatable bonds is 5. The van der Waals surface area contributed by atoms with Gasteiger partial charge < -0.3 is 10.0 Å². The first kappa shape index (κ1) is 13.0. The minimum atomic E-state index is -0.344. The summed E-state index contributed by atoms with van der Waals surface area (Å²) in [6.07, 6.45) is 3.18. The Morgan fingerprint density at radius 2 is 2.11 bits per heavy atom. The fourth-order valence-corrected chi connectivity index (χ4v) is 2.22. The van der Waals surface area contributed by atoms with Crippen molar-refractivity contribution in [1.82, 2.24) is 4.90 Å². The molecule has 1 aliphatic carbocycles. The highest BCUT2D eigenvalue weighted by Crippen LogP contribution is 2.25. The van der Waals surface area contributed by atoms with Gasteiger partial charge in [0.1, 0.15) is 5.82 Å². The number of hydrogen-bond donors (Lipinski definition) is 1. The summed E-state index contributed by atoms with van der Waals surface area (Å²) in [7, 11) is 0. The second kappa shape index (κ2) is 5.96. The second-order valence-electron chi connectivity index (χ2n) is 4.66. The van der Waals surface area contributed by atoms with Crippen LogP contribution in [0.3, 0.4) is 0 Å². The highest BCUT2D eigenvalue weighted by molar-refractivity contribution is 5.79. The molecular formula is C14H18FNO2. The van der Waals surface area contributed by atoms with Crippen LogP contribution in [0.25, 0.3) is 0 Å². The summed E-state index contributed by atoms with van der Waals surface area (Å²) in [5.41, 5.74) is 0.421. The van der Waals surface area contributed by atoms with Crippen molar-refractivity contribution in [3.05, 3.63) is 35.6 Å². The number of carbonyl (C=O) groups is 1. The average molecular weight is 251 g/mol. The van der Waals surface area contributed by atoms with Gasteiger partial charge in [-0.15, -0.1) is 0 Å². The van der Waals surface area contributed by atoms with Crippen molar-refractivity contribution >= 4 is 5.91 Å². The molecule has 0 saturated heterocycles. The van der Waals surface area contributed by atoms with E-state index >= 15 is 0 Å². The van der Waals surface area contributed by atoms with E-state index in [2.05, 4.69) is 0 Å². The molecule has 0 atom stereocenters. The van der Waals surface area contributed by atoms with Gasteiger partial charge >= 0.3 is 0 Å². The van der Waals surface area contributed by atoms with Crippen LogP contribution in [-0.4, -0.2) is 35.1 Å². The zero-order chi connectivity index (χ0) is 13.0. The SMILES string of the molecule is O=C(Cc1ccccc1F)N(CCO)C1CCC1. The lowest BCUT2D eigenvalue weighted by Gasteiger charge is -2.37. The van der Waals surface area contributed by atoms with Crippen LogP contribution in [0.5, 0.6) is 0 Å². The van der Waals surface area contributed by atoms with Gasteiger partial charge in [-0.3, -0.25) is 4.79 Å². The first-order valence-corrected chi connectivity index (χ1v) is 6.36. The fourth-order valence-electron chi connectivity index (χ4n) is 2.22. The van der Waals surface area contributed by atoms with Gasteiger partial charge in [0.15, 0.2) is 0 Å². The molecule has 1 aliphatic rings. The van der Waals surface area contributed by atoms with Crippen LogP contribution in [0.1, 0.15) is 24.8 Å². The Bertz CT molecular complexity index is 418. The van der Waals surface area contributed by atoms with Crippen molar-refractivity contribution in [2.75, 3.05) is 13.2 Å². The van der Waals surface area contributed by atoms with Crippen molar-refractivity contribution in [3.8, 4) is 0 Å². The summed E-state index contributed by atoms with van der Waals surface area (Å²) in [5, 5.41) is 9.01. The maximum Gasteiger partial charge on any atom is 0.227 e. The van der Waals surface area contributed by atoms with E-state index in [0.717, 1.165) is 19.3 Å². The summed E-state index contributed by atoms with van der Waals surface area (Å²) in [4.78, 5) is 13.8. The normalized spacial score (nSPS) is 15.2. The van der Waals surface area contributed by atoms with Crippen LogP contribution in [-0.2, 0) is 11.2 Å². The largest absolute Gasteiger partial charge is 0.395 e. The van der Waals surface area contributed by atoms with Gasteiger partial charge in [0.25, 0.3) is 0 Å². The lowest BCUT2D eigenvalue weighted by Crippen LogP contribution is -2.46. The molecule has 1 amide bonds. The number of amides is 1. The molecule has 0 unspecified atom stereocenters. The van der Waals surface area contributed by atoms with E-state index in [1.165, 1.54) is 6.07 Å². The number of nitrogens with zero attached hydrogens (tertiary/aromatic N) is 1. The summed E-state index contributed by atoms with van der Waals surface area (Å²) in [6.45, 7) is 0.303. The molecule has 4 heteroatoms. The zero-order valence-corrected chi connectivity index (χ0v) is 10.3. The molecule has 1 aromatic carbocycles. The molecule has 98 valence electrons. The van der Waals surface area contributed by atoms with Gasteiger partial charge in [-0.2, -0.15) is 0 Å². The quantitative estimate of drug-likeness (QED) is 0.866. The Morgan fingerprint density at radius 1 is 1.39 bits per heavy atom. The van der Waals surface area contributed by atoms with Crippen molar-refractivity contribution in [2.24, 2.45) is 0 Å². The van der Waals surface area contributed by atoms with Crippen LogP contribution >= 0.6 is 0 Å². The maximum atomic E-state index is 13.5. The molecule has 1 aromatic rings. The Hall–Kier alpha value is -1.42. The van der Waals surface area contributed by atoms with Crippen molar-refractivity contribution in [2.45, 2.75) is 31.7 Å². The lowest BCUT2D eigenvalue weighted by molar-refractivity contribution is -0.135. The molecule has 18 heavy (non-hydrogen) atoms. The molecule has 1 fully saturated rings. The standard InChI is InChI=1S/C14H18FNO2/c15-13-7-2-1-4-11(13)10-14(18)16(8-9-17)12-5-3-6-12/h1-2,4,7,12,17H,3,5-6,8-10H2. The number of benzene rings is 1. The number of aliphatic hydroxyl groups excluding tert-OH is 1. The molecule has 0 radical (unpaired) electrons. The second-order valence-corrected chi connectivity index (χ2v) is 4.66. The molecule has 0 spiro atoms. The van der Waals surface area contributed by atoms with Crippen molar-refractivity contribution in [3.63, 3.8) is 0 Å². The molecule has 1 N–H and O–H groups in total. The molecule has 0 aliphatic heterocycles. The Labute approximate surface area is 106 Å². The smallest absolute Gasteiger partial charge is 0.227 e. The van der Waals surface area contributed by atoms with Crippen LogP contribution in [0, 0.1) is 5.82 Å². The van der Waals surface area contributed by atoms with E-state index < -0.39 is 0 Å². The summed E-state index contributed by atoms with van der Waals surface area (Å²) in [5.74, 6) is -0.442. The van der Waals surface area contributed by atoms with Gasteiger partial charge in [0.05, 0.1) is 13.0 Å². The van der Waals surface area contributed by atoms with E-state index in [4.69, 9.17) is 5.11 Å². The molecular weight excluding hydrogens is 233 g/mol. The van der Waals surface area contributed by atoms with Gasteiger partial charge in [0.2, 0.25) is 5.91 Å². The third-order valence-corrected chi connectivity index (χ3v) is 3.48. The molecule has 1 saturated carbocycles. The molecule has 0 aromatic heterocycles. The van der Waals surface area contributed by atoms with E-state index in [1.54, 1.807) is 23.1 Å². The van der Waals surface area contributed by atoms with Crippen LogP contribution in [0.4, 0.5) is 4.39 Å². The number of hydrogen-bond acceptors (Lipinski definition) is 2. The first-order chi connectivity index (χ1) is 8.72. The zero-order valence-electron chi connectivity index (χ0n) is 10.3. The van der Waals surface area contributed by atoms with Crippen molar-refractivity contribution in [1.29, 1.82) is 0 Å². The fraction of sp³-hybridized carbons (Fsp3) is 0.500. The summed E-state index contributed by atoms with van der Waals surface area (Å²) in [6, 6.07) is 6.57. The molecule has 0 heterocycles. The first-order valence-electron chi connectivity index (χ1n) is 6.36. The van der Waals surface area contributed by atoms with Crippen LogP contribution < -0.4 is 0 Å². The molecule has 3 nitrogen and oxygen atoms in total. The van der Waals surface area contributed by atoms with Crippen molar-refractivity contribution < 1.29 is 14.3 Å². The Morgan fingerprint density at radius 3 is 2.67 bits per heavy atom. The minimum Gasteiger partial charge on any atom is -0.395 e. The summed E-state index contributed by atoms with van der Waals surface area (Å²) >= 11 is 0. The van der Waals surface area contributed by atoms with Crippen LogP contribution in [0.2, 0.25) is 0 Å². The number of halogens is 1. The third-order valence-electron chi connectivity index (χ3n) is 3.48. The predicted molar refractivity (Wildman–Crippen MR) is 66.5 cm³/mol. The summed E-state index contributed by atoms with van der Waals surface area (Å²) < 4.78 is 13.5. The van der Waals surface area contributed by atoms with Crippen LogP contribution in [0.15, 0.2) is 24.3 Å². The topological polar surface area (TPSA) is 40.5 Å². The van der Waals surface area contributed by atoms with E-state index in [0.29, 0.717) is 12.1 Å². The molecule has 2 rings (SSSR count). The monoisotopic (exact) mass is 251 g/mol. The van der Waals surface area contributed by atoms with Gasteiger partial charge in [-0.25, -0.2) is 4.39 Å². The minimum absolute atomic E-state index is 0.0422. The number of aliphatic hydroxyl groups is 1. The maximum absolute atomic E-state index is 13.5. The number of carbonyl (C=O) groups excluding carboxylic acids is 1. The predicted octanol–water partition coefficient (Wildman–Crippen LogP) is 1.74. The van der Waals surface area contributed by atoms with Gasteiger partial charge in [-0.05, 0) is 30.9 Å². The molecule has 0 bridgehead atoms. The Kier molecular flexibility index (Phi) is 4.31. The van der Waals surface area contributed by atoms with E-state index in [-0.39, 0.29) is 30.8 Å². The third kappa shape index (κ3) is 2.88. The van der Waals surface area contributed by atoms with E-state index in [9.17, 15) is 9.18 Å². The Balaban J connectivity index is 2.02. The highest BCUT2D eigenvalue weighted by Gasteiger charge is 2.28. The average Bonchev–Trinajstić information content (AvgIpc) is 2.29. The lowest BCUT2D eigenvalue weighted by atomic mass is 9.91.